The second-order valence-corrected chi connectivity index (χ2v) is 3.14. The second kappa shape index (κ2) is 4.49. The van der Waals surface area contributed by atoms with Gasteiger partial charge in [0.2, 0.25) is 0 Å². The fourth-order valence-electron chi connectivity index (χ4n) is 1.22. The van der Waals surface area contributed by atoms with E-state index in [-0.39, 0.29) is 11.5 Å². The van der Waals surface area contributed by atoms with Gasteiger partial charge in [-0.1, -0.05) is 30.3 Å². The molecular weight excluding hydrogens is 204 g/mol. The van der Waals surface area contributed by atoms with Crippen LogP contribution in [0.25, 0.3) is 0 Å². The van der Waals surface area contributed by atoms with Crippen molar-refractivity contribution in [3.8, 4) is 11.5 Å². The highest BCUT2D eigenvalue weighted by Gasteiger charge is 2.10. The van der Waals surface area contributed by atoms with Gasteiger partial charge in [0.15, 0.2) is 11.5 Å². The molecule has 1 radical (unpaired) electrons. The van der Waals surface area contributed by atoms with Crippen LogP contribution in [0, 0.1) is 6.07 Å². The second-order valence-electron chi connectivity index (χ2n) is 3.14. The predicted octanol–water partition coefficient (Wildman–Crippen LogP) is 2.41. The summed E-state index contributed by atoms with van der Waals surface area (Å²) >= 11 is 0. The molecule has 3 nitrogen and oxygen atoms in total. The zero-order valence-electron chi connectivity index (χ0n) is 8.38. The highest BCUT2D eigenvalue weighted by molar-refractivity contribution is 5.91. The smallest absolute Gasteiger partial charge is 0.343 e. The third-order valence-corrected chi connectivity index (χ3v) is 2.00. The average Bonchev–Trinajstić information content (AvgIpc) is 2.33. The topological polar surface area (TPSA) is 46.5 Å². The van der Waals surface area contributed by atoms with Crippen molar-refractivity contribution < 1.29 is 14.6 Å². The summed E-state index contributed by atoms with van der Waals surface area (Å²) in [4.78, 5) is 11.6. The Morgan fingerprint density at radius 2 is 1.88 bits per heavy atom. The summed E-state index contributed by atoms with van der Waals surface area (Å²) in [6, 6.07) is 15.8. The highest BCUT2D eigenvalue weighted by Crippen LogP contribution is 2.24. The van der Waals surface area contributed by atoms with Gasteiger partial charge in [-0.15, -0.1) is 0 Å². The highest BCUT2D eigenvalue weighted by atomic mass is 16.5. The first-order valence-corrected chi connectivity index (χ1v) is 4.74. The Morgan fingerprint density at radius 1 is 1.12 bits per heavy atom. The van der Waals surface area contributed by atoms with Crippen molar-refractivity contribution in [1.82, 2.24) is 0 Å². The first-order valence-electron chi connectivity index (χ1n) is 4.74. The van der Waals surface area contributed by atoms with Gasteiger partial charge in [-0.3, -0.25) is 0 Å². The molecule has 2 rings (SSSR count). The Hall–Kier alpha value is -2.29. The largest absolute Gasteiger partial charge is 0.504 e. The van der Waals surface area contributed by atoms with Crippen LogP contribution in [-0.4, -0.2) is 11.1 Å². The number of phenolic OH excluding ortho intramolecular Hbond substituents is 1. The van der Waals surface area contributed by atoms with E-state index in [1.807, 2.05) is 6.07 Å². The maximum atomic E-state index is 11.6. The zero-order valence-corrected chi connectivity index (χ0v) is 8.38. The molecule has 0 saturated carbocycles. The monoisotopic (exact) mass is 213 g/mol. The fraction of sp³-hybridized carbons (Fsp3) is 0. The Morgan fingerprint density at radius 3 is 2.56 bits per heavy atom. The molecule has 0 bridgehead atoms. The summed E-state index contributed by atoms with van der Waals surface area (Å²) < 4.78 is 4.99. The van der Waals surface area contributed by atoms with E-state index in [0.717, 1.165) is 0 Å². The zero-order chi connectivity index (χ0) is 11.4. The van der Waals surface area contributed by atoms with Crippen molar-refractivity contribution >= 4 is 5.97 Å². The number of ether oxygens (including phenoxy) is 1. The summed E-state index contributed by atoms with van der Waals surface area (Å²) in [7, 11) is 0. The minimum Gasteiger partial charge on any atom is -0.504 e. The number of carbonyl (C=O) groups excluding carboxylic acids is 1. The number of hydrogen-bond acceptors (Lipinski definition) is 3. The van der Waals surface area contributed by atoms with Crippen molar-refractivity contribution in [2.45, 2.75) is 0 Å². The van der Waals surface area contributed by atoms with Crippen LogP contribution in [-0.2, 0) is 0 Å². The molecule has 0 saturated heterocycles. The Kier molecular flexibility index (Phi) is 2.87. The number of hydrogen-bond donors (Lipinski definition) is 1. The SMILES string of the molecule is O=C(Oc1[c]cccc1O)c1ccccc1. The summed E-state index contributed by atoms with van der Waals surface area (Å²) in [5, 5.41) is 9.40. The normalized spacial score (nSPS) is 9.75. The van der Waals surface area contributed by atoms with Gasteiger partial charge in [-0.2, -0.15) is 0 Å². The maximum Gasteiger partial charge on any atom is 0.343 e. The van der Waals surface area contributed by atoms with E-state index in [9.17, 15) is 9.90 Å². The lowest BCUT2D eigenvalue weighted by Crippen LogP contribution is -2.08. The molecule has 2 aromatic carbocycles. The molecule has 1 N–H and O–H groups in total. The molecular formula is C13H9O3. The van der Waals surface area contributed by atoms with Crippen LogP contribution in [0.4, 0.5) is 0 Å². The Bertz CT molecular complexity index is 492. The molecule has 0 spiro atoms. The molecule has 0 aliphatic heterocycles. The van der Waals surface area contributed by atoms with Gasteiger partial charge < -0.3 is 9.84 Å². The molecule has 0 atom stereocenters. The minimum absolute atomic E-state index is 0.0383. The molecule has 0 aliphatic rings. The van der Waals surface area contributed by atoms with E-state index in [1.165, 1.54) is 6.07 Å². The van der Waals surface area contributed by atoms with E-state index in [2.05, 4.69) is 6.07 Å². The van der Waals surface area contributed by atoms with Crippen LogP contribution in [0.5, 0.6) is 11.5 Å². The lowest BCUT2D eigenvalue weighted by molar-refractivity contribution is 0.0729. The van der Waals surface area contributed by atoms with Crippen LogP contribution in [0.2, 0.25) is 0 Å². The number of rotatable bonds is 2. The Labute approximate surface area is 92.9 Å². The standard InChI is InChI=1S/C13H9O3/c14-11-8-4-5-9-12(11)16-13(15)10-6-2-1-3-7-10/h1-8,14H. The van der Waals surface area contributed by atoms with Gasteiger partial charge in [0.25, 0.3) is 0 Å². The van der Waals surface area contributed by atoms with E-state index in [4.69, 9.17) is 4.74 Å². The quantitative estimate of drug-likeness (QED) is 0.615. The third-order valence-electron chi connectivity index (χ3n) is 2.00. The van der Waals surface area contributed by atoms with E-state index in [0.29, 0.717) is 5.56 Å². The molecule has 0 aliphatic carbocycles. The number of esters is 1. The van der Waals surface area contributed by atoms with Gasteiger partial charge in [0, 0.05) is 6.07 Å². The molecule has 0 fully saturated rings. The lowest BCUT2D eigenvalue weighted by atomic mass is 10.2. The fourth-order valence-corrected chi connectivity index (χ4v) is 1.22. The number of para-hydroxylation sites is 1. The average molecular weight is 213 g/mol. The maximum absolute atomic E-state index is 11.6. The van der Waals surface area contributed by atoms with Gasteiger partial charge in [0.1, 0.15) is 0 Å². The van der Waals surface area contributed by atoms with Crippen LogP contribution in [0.1, 0.15) is 10.4 Å². The van der Waals surface area contributed by atoms with Gasteiger partial charge in [-0.25, -0.2) is 4.79 Å². The third kappa shape index (κ3) is 2.20. The van der Waals surface area contributed by atoms with Crippen molar-refractivity contribution in [3.05, 3.63) is 60.2 Å². The van der Waals surface area contributed by atoms with Crippen LogP contribution in [0.3, 0.4) is 0 Å². The summed E-state index contributed by atoms with van der Waals surface area (Å²) in [6.45, 7) is 0. The summed E-state index contributed by atoms with van der Waals surface area (Å²) in [5.74, 6) is -0.582. The first kappa shape index (κ1) is 10.2. The molecule has 2 aromatic rings. The molecule has 79 valence electrons. The van der Waals surface area contributed by atoms with Crippen molar-refractivity contribution in [2.24, 2.45) is 0 Å². The molecule has 0 heterocycles. The molecule has 16 heavy (non-hydrogen) atoms. The number of carbonyl (C=O) groups is 1. The number of aromatic hydroxyl groups is 1. The molecule has 0 amide bonds. The summed E-state index contributed by atoms with van der Waals surface area (Å²) in [6.07, 6.45) is 0. The van der Waals surface area contributed by atoms with Crippen molar-refractivity contribution in [2.75, 3.05) is 0 Å². The van der Waals surface area contributed by atoms with E-state index >= 15 is 0 Å². The van der Waals surface area contributed by atoms with Gasteiger partial charge >= 0.3 is 5.97 Å². The molecule has 0 unspecified atom stereocenters. The lowest BCUT2D eigenvalue weighted by Gasteiger charge is -2.04. The molecule has 3 heteroatoms. The van der Waals surface area contributed by atoms with Crippen LogP contribution < -0.4 is 4.74 Å². The van der Waals surface area contributed by atoms with Crippen molar-refractivity contribution in [3.63, 3.8) is 0 Å². The summed E-state index contributed by atoms with van der Waals surface area (Å²) in [5.41, 5.74) is 0.430. The Balaban J connectivity index is 2.18. The van der Waals surface area contributed by atoms with E-state index in [1.54, 1.807) is 36.4 Å². The minimum atomic E-state index is -0.515. The predicted molar refractivity (Wildman–Crippen MR) is 58.3 cm³/mol. The van der Waals surface area contributed by atoms with E-state index < -0.39 is 5.97 Å². The number of phenols is 1. The van der Waals surface area contributed by atoms with Gasteiger partial charge in [0.05, 0.1) is 5.56 Å². The number of benzene rings is 2. The first-order chi connectivity index (χ1) is 7.77. The van der Waals surface area contributed by atoms with Crippen LogP contribution in [0.15, 0.2) is 48.5 Å². The van der Waals surface area contributed by atoms with Crippen molar-refractivity contribution in [1.29, 1.82) is 0 Å². The van der Waals surface area contributed by atoms with Gasteiger partial charge in [-0.05, 0) is 18.2 Å². The molecule has 0 aromatic heterocycles. The van der Waals surface area contributed by atoms with Crippen LogP contribution >= 0.6 is 0 Å².